The molecule has 10 nitrogen and oxygen atoms in total. The lowest BCUT2D eigenvalue weighted by Gasteiger charge is -2.39. The Morgan fingerprint density at radius 2 is 1.46 bits per heavy atom. The summed E-state index contributed by atoms with van der Waals surface area (Å²) in [6.45, 7) is 33.1. The van der Waals surface area contributed by atoms with E-state index in [9.17, 15) is 4.79 Å². The first-order valence-electron chi connectivity index (χ1n) is 21.1. The van der Waals surface area contributed by atoms with E-state index in [1.54, 1.807) is 12.3 Å². The van der Waals surface area contributed by atoms with Crippen LogP contribution in [0.25, 0.3) is 16.8 Å². The number of carbonyl (C=O) groups excluding carboxylic acids is 1. The van der Waals surface area contributed by atoms with Crippen molar-refractivity contribution in [2.45, 2.75) is 167 Å². The summed E-state index contributed by atoms with van der Waals surface area (Å²) < 4.78 is 42.8. The molecule has 5 rings (SSSR count). The van der Waals surface area contributed by atoms with E-state index in [4.69, 9.17) is 28.7 Å². The lowest BCUT2D eigenvalue weighted by molar-refractivity contribution is 0.00568. The lowest BCUT2D eigenvalue weighted by atomic mass is 9.88. The second-order valence-electron chi connectivity index (χ2n) is 21.4. The summed E-state index contributed by atoms with van der Waals surface area (Å²) in [7, 11) is -4.68. The van der Waals surface area contributed by atoms with Gasteiger partial charge in [0.05, 0.1) is 12.8 Å². The van der Waals surface area contributed by atoms with E-state index in [-0.39, 0.29) is 41.6 Å². The predicted octanol–water partition coefficient (Wildman–Crippen LogP) is 11.1. The summed E-state index contributed by atoms with van der Waals surface area (Å²) >= 11 is 0. The van der Waals surface area contributed by atoms with E-state index in [0.717, 1.165) is 54.8 Å². The third-order valence-electron chi connectivity index (χ3n) is 11.8. The summed E-state index contributed by atoms with van der Waals surface area (Å²) in [6.07, 6.45) is 5.03. The fourth-order valence-electron chi connectivity index (χ4n) is 7.22. The molecule has 0 radical (unpaired) electrons. The van der Waals surface area contributed by atoms with Crippen LogP contribution in [0.1, 0.15) is 84.4 Å². The molecule has 318 valence electrons. The second-order valence-corrected chi connectivity index (χ2v) is 37.4. The van der Waals surface area contributed by atoms with Crippen molar-refractivity contribution >= 4 is 42.0 Å². The van der Waals surface area contributed by atoms with Crippen molar-refractivity contribution in [1.29, 1.82) is 0 Å². The smallest absolute Gasteiger partial charge is 0.410 e. The zero-order valence-electron chi connectivity index (χ0n) is 37.6. The zero-order chi connectivity index (χ0) is 42.1. The fourth-order valence-corrected chi connectivity index (χ4v) is 9.68. The van der Waals surface area contributed by atoms with Gasteiger partial charge in [-0.25, -0.2) is 14.2 Å². The van der Waals surface area contributed by atoms with Crippen molar-refractivity contribution in [1.82, 2.24) is 19.5 Å². The van der Waals surface area contributed by atoms with Gasteiger partial charge in [0.15, 0.2) is 14.0 Å². The Hall–Kier alpha value is -2.63. The van der Waals surface area contributed by atoms with E-state index in [0.29, 0.717) is 43.4 Å². The van der Waals surface area contributed by atoms with Gasteiger partial charge < -0.3 is 28.4 Å². The first-order chi connectivity index (χ1) is 26.3. The number of aromatic nitrogens is 3. The number of ether oxygens (including phenoxy) is 3. The highest BCUT2D eigenvalue weighted by Gasteiger charge is 2.46. The second kappa shape index (κ2) is 17.5. The van der Waals surface area contributed by atoms with Crippen LogP contribution in [-0.2, 0) is 25.2 Å². The Morgan fingerprint density at radius 1 is 0.877 bits per heavy atom. The molecule has 0 spiro atoms. The Morgan fingerprint density at radius 3 is 1.96 bits per heavy atom. The van der Waals surface area contributed by atoms with Gasteiger partial charge >= 0.3 is 6.09 Å². The van der Waals surface area contributed by atoms with Crippen LogP contribution in [0.4, 0.5) is 15.0 Å². The van der Waals surface area contributed by atoms with Crippen molar-refractivity contribution in [3.8, 4) is 11.1 Å². The van der Waals surface area contributed by atoms with Gasteiger partial charge in [-0.05, 0) is 88.3 Å². The quantitative estimate of drug-likeness (QED) is 0.0800. The van der Waals surface area contributed by atoms with Crippen molar-refractivity contribution < 1.29 is 27.8 Å². The Labute approximate surface area is 345 Å². The largest absolute Gasteiger partial charge is 0.444 e. The van der Waals surface area contributed by atoms with Crippen LogP contribution >= 0.6 is 0 Å². The molecule has 2 bridgehead atoms. The molecule has 2 aliphatic heterocycles. The maximum atomic E-state index is 15.9. The van der Waals surface area contributed by atoms with Crippen molar-refractivity contribution in [3.63, 3.8) is 0 Å². The number of piperidine rings is 1. The molecular weight excluding hydrogens is 770 g/mol. The van der Waals surface area contributed by atoms with Crippen LogP contribution < -0.4 is 4.90 Å². The van der Waals surface area contributed by atoms with Gasteiger partial charge in [0.1, 0.15) is 30.7 Å². The van der Waals surface area contributed by atoms with Gasteiger partial charge in [0.2, 0.25) is 0 Å². The number of fused-ring (bicyclic) bond motifs is 3. The predicted molar refractivity (Wildman–Crippen MR) is 238 cm³/mol. The van der Waals surface area contributed by atoms with Crippen LogP contribution in [0, 0.1) is 5.82 Å². The van der Waals surface area contributed by atoms with Gasteiger partial charge in [-0.15, -0.1) is 0 Å². The molecule has 0 aliphatic carbocycles. The molecule has 0 saturated carbocycles. The van der Waals surface area contributed by atoms with Gasteiger partial charge in [-0.2, -0.15) is 9.61 Å². The van der Waals surface area contributed by atoms with Crippen LogP contribution in [0.2, 0.25) is 69.5 Å². The number of hydrogen-bond donors (Lipinski definition) is 0. The Balaban J connectivity index is 1.53. The van der Waals surface area contributed by atoms with E-state index in [1.165, 1.54) is 0 Å². The molecule has 0 N–H and O–H groups in total. The average Bonchev–Trinajstić information content (AvgIpc) is 3.62. The van der Waals surface area contributed by atoms with Crippen LogP contribution in [0.3, 0.4) is 0 Å². The van der Waals surface area contributed by atoms with Gasteiger partial charge in [-0.3, -0.25) is 0 Å². The van der Waals surface area contributed by atoms with Crippen LogP contribution in [0.5, 0.6) is 0 Å². The summed E-state index contributed by atoms with van der Waals surface area (Å²) in [5.74, 6) is 0.632. The maximum Gasteiger partial charge on any atom is 0.410 e. The Kier molecular flexibility index (Phi) is 14.0. The van der Waals surface area contributed by atoms with Crippen molar-refractivity contribution in [3.05, 3.63) is 47.5 Å². The monoisotopic (exact) mass is 841 g/mol. The number of rotatable bonds is 16. The standard InChI is InChI=1S/C43H72FN5O5Si3/c1-42(2,3)54-41(50)48-34-17-18-35(48)24-33(23-34)38-26-39(47(29-51-19-21-55(7,8)9)30-52-20-22-56(10,11)12)49-40(46-38)36(27-45-49)31-15-16-32(37(44)25-31)28-53-57(13,14)43(4,5)6/h15-16,25-27,33-35H,17-24,28-30H2,1-14H3/t33?,34-,35+. The maximum absolute atomic E-state index is 15.9. The number of amides is 1. The highest BCUT2D eigenvalue weighted by molar-refractivity contribution is 6.76. The summed E-state index contributed by atoms with van der Waals surface area (Å²) in [5, 5.41) is 4.93. The van der Waals surface area contributed by atoms with Gasteiger partial charge in [0, 0.05) is 70.3 Å². The van der Waals surface area contributed by atoms with Crippen LogP contribution in [0.15, 0.2) is 30.5 Å². The van der Waals surface area contributed by atoms with E-state index < -0.39 is 30.1 Å². The third-order valence-corrected chi connectivity index (χ3v) is 19.7. The minimum absolute atomic E-state index is 0.0279. The topological polar surface area (TPSA) is 90.7 Å². The van der Waals surface area contributed by atoms with Crippen molar-refractivity contribution in [2.75, 3.05) is 31.6 Å². The molecule has 3 aromatic rings. The molecule has 3 atom stereocenters. The minimum atomic E-state index is -2.06. The molecule has 4 heterocycles. The first kappa shape index (κ1) is 45.5. The number of hydrogen-bond acceptors (Lipinski definition) is 8. The molecule has 1 aromatic carbocycles. The molecule has 2 aromatic heterocycles. The first-order valence-corrected chi connectivity index (χ1v) is 31.4. The number of carbonyl (C=O) groups is 1. The summed E-state index contributed by atoms with van der Waals surface area (Å²) in [4.78, 5) is 22.8. The molecule has 2 saturated heterocycles. The van der Waals surface area contributed by atoms with E-state index in [2.05, 4.69) is 84.1 Å². The number of halogens is 1. The Bertz CT molecular complexity index is 1810. The fraction of sp³-hybridized carbons (Fsp3) is 0.698. The molecule has 1 unspecified atom stereocenters. The average molecular weight is 842 g/mol. The SMILES string of the molecule is CC(C)(C)OC(=O)N1[C@@H]2CC[C@H]1CC(c1cc(N(COCC[Si](C)(C)C)COCC[Si](C)(C)C)n3ncc(-c4ccc(CO[Si](C)(C)C(C)(C)C)c(F)c4)c3n1)C2. The lowest BCUT2D eigenvalue weighted by Crippen LogP contribution is -2.48. The molecule has 2 aliphatic rings. The molecule has 57 heavy (non-hydrogen) atoms. The van der Waals surface area contributed by atoms with E-state index >= 15 is 4.39 Å². The summed E-state index contributed by atoms with van der Waals surface area (Å²) in [5.41, 5.74) is 3.04. The number of nitrogens with zero attached hydrogens (tertiary/aromatic N) is 5. The summed E-state index contributed by atoms with van der Waals surface area (Å²) in [6, 6.07) is 9.79. The molecular formula is C43H72FN5O5Si3. The highest BCUT2D eigenvalue weighted by Crippen LogP contribution is 2.44. The molecule has 14 heteroatoms. The normalized spacial score (nSPS) is 19.4. The number of benzene rings is 1. The van der Waals surface area contributed by atoms with E-state index in [1.807, 2.05) is 42.3 Å². The van der Waals surface area contributed by atoms with Crippen molar-refractivity contribution in [2.24, 2.45) is 0 Å². The zero-order valence-corrected chi connectivity index (χ0v) is 40.6. The molecule has 1 amide bonds. The highest BCUT2D eigenvalue weighted by atomic mass is 28.4. The van der Waals surface area contributed by atoms with Gasteiger partial charge in [0.25, 0.3) is 0 Å². The third kappa shape index (κ3) is 12.0. The number of anilines is 1. The molecule has 2 fully saturated rings. The minimum Gasteiger partial charge on any atom is -0.444 e. The van der Waals surface area contributed by atoms with Gasteiger partial charge in [-0.1, -0.05) is 72.2 Å². The van der Waals surface area contributed by atoms with Crippen LogP contribution in [-0.4, -0.2) is 94.4 Å².